The van der Waals surface area contributed by atoms with Gasteiger partial charge in [0.05, 0.1) is 18.2 Å². The number of aromatic amines is 1. The van der Waals surface area contributed by atoms with Crippen LogP contribution in [0.3, 0.4) is 0 Å². The summed E-state index contributed by atoms with van der Waals surface area (Å²) in [7, 11) is 3.74. The van der Waals surface area contributed by atoms with Crippen molar-refractivity contribution in [3.05, 3.63) is 62.9 Å². The number of likely N-dealkylation sites (tertiary alicyclic amines) is 1. The van der Waals surface area contributed by atoms with Gasteiger partial charge in [-0.1, -0.05) is 23.7 Å². The van der Waals surface area contributed by atoms with Crippen LogP contribution < -0.4 is 0 Å². The second-order valence-electron chi connectivity index (χ2n) is 8.19. The molecule has 1 amide bonds. The van der Waals surface area contributed by atoms with Gasteiger partial charge in [0.15, 0.2) is 0 Å². The van der Waals surface area contributed by atoms with E-state index in [1.165, 1.54) is 4.90 Å². The minimum atomic E-state index is -0.790. The molecule has 2 N–H and O–H groups in total. The van der Waals surface area contributed by atoms with Gasteiger partial charge in [-0.2, -0.15) is 0 Å². The summed E-state index contributed by atoms with van der Waals surface area (Å²) in [6.07, 6.45) is 0. The molecular formula is C24H28ClN3O5. The highest BCUT2D eigenvalue weighted by atomic mass is 35.5. The van der Waals surface area contributed by atoms with Crippen molar-refractivity contribution < 1.29 is 24.2 Å². The third kappa shape index (κ3) is 4.67. The summed E-state index contributed by atoms with van der Waals surface area (Å²) in [6.45, 7) is 6.07. The first-order valence-electron chi connectivity index (χ1n) is 10.6. The Morgan fingerprint density at radius 2 is 1.85 bits per heavy atom. The lowest BCUT2D eigenvalue weighted by Gasteiger charge is -2.26. The van der Waals surface area contributed by atoms with E-state index in [-0.39, 0.29) is 23.6 Å². The SMILES string of the molecule is CCOC(=O)c1[nH]c(C)c(C(O)=C2C(=O)C(=O)N(CCN(C)C)C2c2ccc(Cl)cc2)c1C. The molecule has 0 radical (unpaired) electrons. The number of H-pyrrole nitrogens is 1. The van der Waals surface area contributed by atoms with Crippen molar-refractivity contribution in [2.75, 3.05) is 33.8 Å². The summed E-state index contributed by atoms with van der Waals surface area (Å²) in [6, 6.07) is 6.02. The van der Waals surface area contributed by atoms with Crippen molar-refractivity contribution in [2.45, 2.75) is 26.8 Å². The molecule has 1 fully saturated rings. The average molecular weight is 474 g/mol. The van der Waals surface area contributed by atoms with Gasteiger partial charge in [0.1, 0.15) is 11.5 Å². The summed E-state index contributed by atoms with van der Waals surface area (Å²) in [5.41, 5.74) is 2.06. The fourth-order valence-corrected chi connectivity index (χ4v) is 4.18. The van der Waals surface area contributed by atoms with Crippen molar-refractivity contribution in [1.29, 1.82) is 0 Å². The number of hydrogen-bond donors (Lipinski definition) is 2. The first-order valence-corrected chi connectivity index (χ1v) is 11.0. The Balaban J connectivity index is 2.19. The zero-order valence-corrected chi connectivity index (χ0v) is 20.1. The minimum absolute atomic E-state index is 0.0262. The Kier molecular flexibility index (Phi) is 7.29. The number of nitrogens with one attached hydrogen (secondary N) is 1. The Morgan fingerprint density at radius 1 is 1.21 bits per heavy atom. The number of nitrogens with zero attached hydrogens (tertiary/aromatic N) is 2. The lowest BCUT2D eigenvalue weighted by molar-refractivity contribution is -0.140. The molecule has 8 nitrogen and oxygen atoms in total. The Morgan fingerprint density at radius 3 is 2.42 bits per heavy atom. The van der Waals surface area contributed by atoms with E-state index in [1.807, 2.05) is 19.0 Å². The van der Waals surface area contributed by atoms with Crippen LogP contribution in [-0.2, 0) is 14.3 Å². The van der Waals surface area contributed by atoms with Crippen molar-refractivity contribution in [3.63, 3.8) is 0 Å². The number of rotatable bonds is 7. The molecule has 33 heavy (non-hydrogen) atoms. The number of hydrogen-bond acceptors (Lipinski definition) is 6. The number of esters is 1. The van der Waals surface area contributed by atoms with E-state index in [2.05, 4.69) is 4.98 Å². The smallest absolute Gasteiger partial charge is 0.355 e. The van der Waals surface area contributed by atoms with Crippen molar-refractivity contribution in [2.24, 2.45) is 0 Å². The number of aliphatic hydroxyl groups excluding tert-OH is 1. The minimum Gasteiger partial charge on any atom is -0.507 e. The summed E-state index contributed by atoms with van der Waals surface area (Å²) < 4.78 is 5.08. The molecular weight excluding hydrogens is 446 g/mol. The van der Waals surface area contributed by atoms with Crippen LogP contribution in [0.25, 0.3) is 5.76 Å². The average Bonchev–Trinajstić information content (AvgIpc) is 3.19. The van der Waals surface area contributed by atoms with Crippen LogP contribution >= 0.6 is 11.6 Å². The van der Waals surface area contributed by atoms with Gasteiger partial charge in [-0.05, 0) is 58.1 Å². The highest BCUT2D eigenvalue weighted by molar-refractivity contribution is 6.46. The number of benzene rings is 1. The third-order valence-corrected chi connectivity index (χ3v) is 5.92. The van der Waals surface area contributed by atoms with Gasteiger partial charge < -0.3 is 24.6 Å². The van der Waals surface area contributed by atoms with Crippen molar-refractivity contribution in [1.82, 2.24) is 14.8 Å². The maximum atomic E-state index is 13.1. The third-order valence-electron chi connectivity index (χ3n) is 5.67. The number of ether oxygens (including phenoxy) is 1. The number of ketones is 1. The van der Waals surface area contributed by atoms with E-state index in [0.29, 0.717) is 40.5 Å². The monoisotopic (exact) mass is 473 g/mol. The van der Waals surface area contributed by atoms with Gasteiger partial charge in [-0.25, -0.2) is 4.79 Å². The van der Waals surface area contributed by atoms with Gasteiger partial charge in [-0.3, -0.25) is 9.59 Å². The number of aliphatic hydroxyl groups is 1. The number of carbonyl (C=O) groups is 3. The van der Waals surface area contributed by atoms with Gasteiger partial charge in [-0.15, -0.1) is 0 Å². The lowest BCUT2D eigenvalue weighted by Crippen LogP contribution is -2.35. The van der Waals surface area contributed by atoms with Crippen LogP contribution in [-0.4, -0.2) is 71.3 Å². The molecule has 1 unspecified atom stereocenters. The van der Waals surface area contributed by atoms with E-state index in [1.54, 1.807) is 45.0 Å². The van der Waals surface area contributed by atoms with E-state index in [9.17, 15) is 19.5 Å². The standard InChI is InChI=1S/C24H28ClN3O5/c1-6-33-24(32)19-13(2)17(14(3)26-19)21(29)18-20(15-7-9-16(25)10-8-15)28(12-11-27(4)5)23(31)22(18)30/h7-10,20,26,29H,6,11-12H2,1-5H3. The highest BCUT2D eigenvalue weighted by Crippen LogP contribution is 2.41. The second kappa shape index (κ2) is 9.80. The van der Waals surface area contributed by atoms with Crippen LogP contribution in [0.1, 0.15) is 45.8 Å². The largest absolute Gasteiger partial charge is 0.507 e. The number of likely N-dealkylation sites (N-methyl/N-ethyl adjacent to an activating group) is 1. The molecule has 1 aromatic heterocycles. The first kappa shape index (κ1) is 24.5. The molecule has 1 saturated heterocycles. The summed E-state index contributed by atoms with van der Waals surface area (Å²) >= 11 is 6.05. The number of Topliss-reactive ketones (excluding diaryl/α,β-unsaturated/α-hetero) is 1. The molecule has 0 saturated carbocycles. The van der Waals surface area contributed by atoms with Gasteiger partial charge >= 0.3 is 5.97 Å². The van der Waals surface area contributed by atoms with Gasteiger partial charge in [0.25, 0.3) is 11.7 Å². The quantitative estimate of drug-likeness (QED) is 0.276. The fourth-order valence-electron chi connectivity index (χ4n) is 4.06. The van der Waals surface area contributed by atoms with Crippen LogP contribution in [0.5, 0.6) is 0 Å². The van der Waals surface area contributed by atoms with Crippen LogP contribution in [0.4, 0.5) is 0 Å². The zero-order valence-electron chi connectivity index (χ0n) is 19.4. The topological polar surface area (TPSA) is 103 Å². The molecule has 1 atom stereocenters. The number of carbonyl (C=O) groups excluding carboxylic acids is 3. The molecule has 0 spiro atoms. The van der Waals surface area contributed by atoms with Gasteiger partial charge in [0, 0.05) is 29.4 Å². The number of halogens is 1. The normalized spacial score (nSPS) is 17.8. The van der Waals surface area contributed by atoms with E-state index in [4.69, 9.17) is 16.3 Å². The van der Waals surface area contributed by atoms with Crippen molar-refractivity contribution >= 4 is 35.0 Å². The Labute approximate surface area is 197 Å². The van der Waals surface area contributed by atoms with Crippen molar-refractivity contribution in [3.8, 4) is 0 Å². The number of aromatic nitrogens is 1. The zero-order chi connectivity index (χ0) is 24.4. The summed E-state index contributed by atoms with van der Waals surface area (Å²) in [5, 5.41) is 11.9. The summed E-state index contributed by atoms with van der Waals surface area (Å²) in [5.74, 6) is -2.35. The summed E-state index contributed by atoms with van der Waals surface area (Å²) in [4.78, 5) is 44.7. The molecule has 3 rings (SSSR count). The van der Waals surface area contributed by atoms with E-state index < -0.39 is 23.7 Å². The van der Waals surface area contributed by atoms with Crippen LogP contribution in [0, 0.1) is 13.8 Å². The molecule has 1 aliphatic heterocycles. The van der Waals surface area contributed by atoms with E-state index >= 15 is 0 Å². The molecule has 9 heteroatoms. The Bertz CT molecular complexity index is 1120. The maximum absolute atomic E-state index is 13.1. The molecule has 2 aromatic rings. The number of amides is 1. The molecule has 2 heterocycles. The molecule has 1 aliphatic rings. The lowest BCUT2D eigenvalue weighted by atomic mass is 9.94. The first-order chi connectivity index (χ1) is 15.6. The highest BCUT2D eigenvalue weighted by Gasteiger charge is 2.46. The molecule has 0 aliphatic carbocycles. The predicted molar refractivity (Wildman–Crippen MR) is 125 cm³/mol. The number of aryl methyl sites for hydroxylation is 1. The second-order valence-corrected chi connectivity index (χ2v) is 8.63. The van der Waals surface area contributed by atoms with Crippen LogP contribution in [0.2, 0.25) is 5.02 Å². The molecule has 1 aromatic carbocycles. The predicted octanol–water partition coefficient (Wildman–Crippen LogP) is 3.44. The molecule has 176 valence electrons. The maximum Gasteiger partial charge on any atom is 0.355 e. The van der Waals surface area contributed by atoms with Crippen LogP contribution in [0.15, 0.2) is 29.8 Å². The van der Waals surface area contributed by atoms with E-state index in [0.717, 1.165) is 0 Å². The fraction of sp³-hybridized carbons (Fsp3) is 0.375. The van der Waals surface area contributed by atoms with Gasteiger partial charge in [0.2, 0.25) is 0 Å². The Hall–Kier alpha value is -3.10. The molecule has 0 bridgehead atoms.